The smallest absolute Gasteiger partial charge is 0.153 e. The Balaban J connectivity index is 1.98. The topological polar surface area (TPSA) is 54.5 Å². The van der Waals surface area contributed by atoms with Gasteiger partial charge >= 0.3 is 0 Å². The van der Waals surface area contributed by atoms with Crippen LogP contribution in [-0.2, 0) is 14.6 Å². The van der Waals surface area contributed by atoms with Gasteiger partial charge in [-0.1, -0.05) is 0 Å². The van der Waals surface area contributed by atoms with Crippen LogP contribution in [0.1, 0.15) is 32.6 Å². The van der Waals surface area contributed by atoms with Gasteiger partial charge in [-0.25, -0.2) is 8.42 Å². The molecule has 1 aliphatic heterocycles. The Bertz CT molecular complexity index is 367. The molecule has 2 rings (SSSR count). The van der Waals surface area contributed by atoms with Gasteiger partial charge in [0.2, 0.25) is 0 Å². The van der Waals surface area contributed by atoms with E-state index in [4.69, 9.17) is 0 Å². The van der Waals surface area contributed by atoms with Gasteiger partial charge in [-0.15, -0.1) is 0 Å². The van der Waals surface area contributed by atoms with E-state index in [1.54, 1.807) is 0 Å². The maximum atomic E-state index is 11.5. The zero-order valence-electron chi connectivity index (χ0n) is 9.68. The van der Waals surface area contributed by atoms with Gasteiger partial charge < -0.3 is 0 Å². The number of Topliss-reactive ketones (excluding diaryl/α,β-unsaturated/α-hetero) is 1. The first-order valence-corrected chi connectivity index (χ1v) is 7.78. The third-order valence-corrected chi connectivity index (χ3v) is 5.50. The molecule has 0 aromatic carbocycles. The van der Waals surface area contributed by atoms with Crippen molar-refractivity contribution in [3.05, 3.63) is 0 Å². The van der Waals surface area contributed by atoms with Gasteiger partial charge in [-0.05, 0) is 19.8 Å². The minimum Gasteiger partial charge on any atom is -0.300 e. The summed E-state index contributed by atoms with van der Waals surface area (Å²) in [6.07, 6.45) is 3.15. The lowest BCUT2D eigenvalue weighted by atomic mass is 9.92. The summed E-state index contributed by atoms with van der Waals surface area (Å²) in [7, 11) is -2.82. The monoisotopic (exact) mass is 245 g/mol. The van der Waals surface area contributed by atoms with Crippen LogP contribution < -0.4 is 0 Å². The van der Waals surface area contributed by atoms with E-state index in [9.17, 15) is 13.2 Å². The molecule has 1 heterocycles. The Hall–Kier alpha value is -0.420. The molecule has 5 heteroatoms. The van der Waals surface area contributed by atoms with Crippen LogP contribution in [0.2, 0.25) is 0 Å². The van der Waals surface area contributed by atoms with Gasteiger partial charge in [0.25, 0.3) is 0 Å². The van der Waals surface area contributed by atoms with E-state index in [2.05, 4.69) is 4.90 Å². The SMILES string of the molecule is CC1CS(=O)(=O)CCN1C1CCC(=O)CC1. The lowest BCUT2D eigenvalue weighted by Gasteiger charge is -2.40. The van der Waals surface area contributed by atoms with Crippen molar-refractivity contribution >= 4 is 15.6 Å². The number of hydrogen-bond donors (Lipinski definition) is 0. The van der Waals surface area contributed by atoms with E-state index in [1.807, 2.05) is 6.92 Å². The Morgan fingerprint density at radius 2 is 1.88 bits per heavy atom. The molecule has 2 aliphatic rings. The van der Waals surface area contributed by atoms with E-state index in [1.165, 1.54) is 0 Å². The van der Waals surface area contributed by atoms with Crippen molar-refractivity contribution in [2.45, 2.75) is 44.7 Å². The predicted molar refractivity (Wildman–Crippen MR) is 62.1 cm³/mol. The molecule has 16 heavy (non-hydrogen) atoms. The molecule has 1 saturated carbocycles. The third kappa shape index (κ3) is 2.63. The molecule has 1 aliphatic carbocycles. The Labute approximate surface area is 96.9 Å². The molecule has 4 nitrogen and oxygen atoms in total. The molecule has 1 saturated heterocycles. The van der Waals surface area contributed by atoms with Crippen molar-refractivity contribution < 1.29 is 13.2 Å². The van der Waals surface area contributed by atoms with Crippen molar-refractivity contribution in [3.63, 3.8) is 0 Å². The Morgan fingerprint density at radius 3 is 2.44 bits per heavy atom. The van der Waals surface area contributed by atoms with Gasteiger partial charge in [0.15, 0.2) is 9.84 Å². The van der Waals surface area contributed by atoms with E-state index in [0.29, 0.717) is 31.2 Å². The highest BCUT2D eigenvalue weighted by Crippen LogP contribution is 2.24. The zero-order chi connectivity index (χ0) is 11.8. The lowest BCUT2D eigenvalue weighted by Crippen LogP contribution is -2.52. The first-order valence-electron chi connectivity index (χ1n) is 5.96. The summed E-state index contributed by atoms with van der Waals surface area (Å²) in [5, 5.41) is 0. The van der Waals surface area contributed by atoms with Crippen molar-refractivity contribution in [1.82, 2.24) is 4.90 Å². The number of rotatable bonds is 1. The van der Waals surface area contributed by atoms with Crippen LogP contribution in [0.4, 0.5) is 0 Å². The molecular weight excluding hydrogens is 226 g/mol. The van der Waals surface area contributed by atoms with Gasteiger partial charge in [0.05, 0.1) is 11.5 Å². The molecule has 1 atom stereocenters. The fraction of sp³-hybridized carbons (Fsp3) is 0.909. The number of hydrogen-bond acceptors (Lipinski definition) is 4. The van der Waals surface area contributed by atoms with Crippen molar-refractivity contribution in [1.29, 1.82) is 0 Å². The van der Waals surface area contributed by atoms with Crippen LogP contribution in [0.25, 0.3) is 0 Å². The maximum absolute atomic E-state index is 11.5. The fourth-order valence-corrected chi connectivity index (χ4v) is 4.39. The summed E-state index contributed by atoms with van der Waals surface area (Å²) in [5.74, 6) is 0.910. The van der Waals surface area contributed by atoms with Crippen LogP contribution in [0.15, 0.2) is 0 Å². The zero-order valence-corrected chi connectivity index (χ0v) is 10.5. The summed E-state index contributed by atoms with van der Waals surface area (Å²) in [5.41, 5.74) is 0. The van der Waals surface area contributed by atoms with Crippen LogP contribution >= 0.6 is 0 Å². The Morgan fingerprint density at radius 1 is 1.25 bits per heavy atom. The molecule has 0 amide bonds. The third-order valence-electron chi connectivity index (χ3n) is 3.70. The van der Waals surface area contributed by atoms with Crippen molar-refractivity contribution in [2.24, 2.45) is 0 Å². The minimum absolute atomic E-state index is 0.108. The normalized spacial score (nSPS) is 32.8. The van der Waals surface area contributed by atoms with Crippen LogP contribution in [0, 0.1) is 0 Å². The highest BCUT2D eigenvalue weighted by Gasteiger charge is 2.34. The summed E-state index contributed by atoms with van der Waals surface area (Å²) in [4.78, 5) is 13.4. The van der Waals surface area contributed by atoms with Crippen LogP contribution in [-0.4, -0.2) is 49.2 Å². The number of ketones is 1. The number of carbonyl (C=O) groups is 1. The molecule has 0 aromatic heterocycles. The van der Waals surface area contributed by atoms with Crippen molar-refractivity contribution in [2.75, 3.05) is 18.1 Å². The van der Waals surface area contributed by atoms with E-state index >= 15 is 0 Å². The second-order valence-corrected chi connectivity index (χ2v) is 7.20. The van der Waals surface area contributed by atoms with Gasteiger partial charge in [0, 0.05) is 31.5 Å². The van der Waals surface area contributed by atoms with E-state index < -0.39 is 9.84 Å². The molecule has 0 bridgehead atoms. The summed E-state index contributed by atoms with van der Waals surface area (Å²) < 4.78 is 22.9. The number of carbonyl (C=O) groups excluding carboxylic acids is 1. The number of nitrogens with zero attached hydrogens (tertiary/aromatic N) is 1. The second-order valence-electron chi connectivity index (χ2n) is 4.97. The van der Waals surface area contributed by atoms with E-state index in [-0.39, 0.29) is 17.5 Å². The van der Waals surface area contributed by atoms with Gasteiger partial charge in [-0.2, -0.15) is 0 Å². The average molecular weight is 245 g/mol. The minimum atomic E-state index is -2.82. The second kappa shape index (κ2) is 4.45. The molecule has 0 spiro atoms. The Kier molecular flexibility index (Phi) is 3.35. The lowest BCUT2D eigenvalue weighted by molar-refractivity contribution is -0.121. The van der Waals surface area contributed by atoms with Gasteiger partial charge in [0.1, 0.15) is 5.78 Å². The molecule has 0 aromatic rings. The molecule has 1 unspecified atom stereocenters. The van der Waals surface area contributed by atoms with Crippen LogP contribution in [0.5, 0.6) is 0 Å². The largest absolute Gasteiger partial charge is 0.300 e. The molecular formula is C11H19NO3S. The van der Waals surface area contributed by atoms with Gasteiger partial charge in [-0.3, -0.25) is 9.69 Å². The van der Waals surface area contributed by atoms with E-state index in [0.717, 1.165) is 12.8 Å². The molecule has 0 radical (unpaired) electrons. The molecule has 92 valence electrons. The number of sulfone groups is 1. The molecule has 0 N–H and O–H groups in total. The first kappa shape index (κ1) is 12.0. The highest BCUT2D eigenvalue weighted by molar-refractivity contribution is 7.91. The quantitative estimate of drug-likeness (QED) is 0.679. The van der Waals surface area contributed by atoms with Crippen molar-refractivity contribution in [3.8, 4) is 0 Å². The molecule has 2 fully saturated rings. The summed E-state index contributed by atoms with van der Waals surface area (Å²) in [6.45, 7) is 2.62. The first-order chi connectivity index (χ1) is 7.48. The summed E-state index contributed by atoms with van der Waals surface area (Å²) >= 11 is 0. The highest BCUT2D eigenvalue weighted by atomic mass is 32.2. The summed E-state index contributed by atoms with van der Waals surface area (Å²) in [6, 6.07) is 0.528. The fourth-order valence-electron chi connectivity index (χ4n) is 2.81. The predicted octanol–water partition coefficient (Wildman–Crippen LogP) is 0.617. The average Bonchev–Trinajstić information content (AvgIpc) is 2.19. The standard InChI is InChI=1S/C11H19NO3S/c1-9-8-16(14,15)7-6-12(9)10-2-4-11(13)5-3-10/h9-10H,2-8H2,1H3. The maximum Gasteiger partial charge on any atom is 0.153 e. The van der Waals surface area contributed by atoms with Crippen LogP contribution in [0.3, 0.4) is 0 Å².